The average Bonchev–Trinajstić information content (AvgIpc) is 2.47. The second kappa shape index (κ2) is 5.02. The molecule has 94 valence electrons. The Kier molecular flexibility index (Phi) is 3.07. The minimum atomic E-state index is 1.05. The van der Waals surface area contributed by atoms with Gasteiger partial charge in [0.25, 0.3) is 0 Å². The number of hydrogen-bond acceptors (Lipinski definition) is 2. The minimum absolute atomic E-state index is 1.05. The van der Waals surface area contributed by atoms with E-state index in [0.717, 1.165) is 11.4 Å². The van der Waals surface area contributed by atoms with Crippen LogP contribution in [0.3, 0.4) is 0 Å². The highest BCUT2D eigenvalue weighted by atomic mass is 15.4. The molecule has 3 rings (SSSR count). The molecule has 3 aromatic rings. The first-order chi connectivity index (χ1) is 9.33. The monoisotopic (exact) mass is 248 g/mol. The van der Waals surface area contributed by atoms with E-state index in [2.05, 4.69) is 84.5 Å². The molecule has 19 heavy (non-hydrogen) atoms. The van der Waals surface area contributed by atoms with Crippen molar-refractivity contribution in [2.75, 3.05) is 10.9 Å². The second-order valence-corrected chi connectivity index (χ2v) is 4.64. The predicted octanol–water partition coefficient (Wildman–Crippen LogP) is 4.59. The van der Waals surface area contributed by atoms with Gasteiger partial charge in [-0.25, -0.2) is 0 Å². The van der Waals surface area contributed by atoms with Gasteiger partial charge in [0.15, 0.2) is 0 Å². The van der Waals surface area contributed by atoms with E-state index in [1.54, 1.807) is 0 Å². The number of rotatable bonds is 3. The highest BCUT2D eigenvalue weighted by molar-refractivity contribution is 5.94. The molecule has 0 bridgehead atoms. The summed E-state index contributed by atoms with van der Waals surface area (Å²) in [6.07, 6.45) is 0. The average molecular weight is 248 g/mol. The third kappa shape index (κ3) is 2.52. The first-order valence-corrected chi connectivity index (χ1v) is 6.39. The van der Waals surface area contributed by atoms with Gasteiger partial charge in [0.05, 0.1) is 11.4 Å². The van der Waals surface area contributed by atoms with Gasteiger partial charge in [-0.3, -0.25) is 0 Å². The van der Waals surface area contributed by atoms with Crippen molar-refractivity contribution < 1.29 is 0 Å². The number of anilines is 2. The zero-order chi connectivity index (χ0) is 13.1. The largest absolute Gasteiger partial charge is 0.301 e. The maximum atomic E-state index is 3.27. The van der Waals surface area contributed by atoms with Gasteiger partial charge >= 0.3 is 0 Å². The molecule has 0 aliphatic heterocycles. The molecule has 2 nitrogen and oxygen atoms in total. The van der Waals surface area contributed by atoms with Crippen molar-refractivity contribution in [2.45, 2.75) is 6.92 Å². The van der Waals surface area contributed by atoms with E-state index in [9.17, 15) is 0 Å². The van der Waals surface area contributed by atoms with Crippen LogP contribution in [-0.4, -0.2) is 0 Å². The Labute approximate surface area is 113 Å². The summed E-state index contributed by atoms with van der Waals surface area (Å²) in [5.74, 6) is 0. The summed E-state index contributed by atoms with van der Waals surface area (Å²) in [7, 11) is 0. The van der Waals surface area contributed by atoms with Crippen molar-refractivity contribution in [3.63, 3.8) is 0 Å². The molecule has 0 atom stereocenters. The van der Waals surface area contributed by atoms with E-state index in [1.165, 1.54) is 16.3 Å². The fourth-order valence-electron chi connectivity index (χ4n) is 2.11. The van der Waals surface area contributed by atoms with Gasteiger partial charge in [0, 0.05) is 5.39 Å². The van der Waals surface area contributed by atoms with Crippen molar-refractivity contribution in [3.8, 4) is 0 Å². The Morgan fingerprint density at radius 3 is 2.26 bits per heavy atom. The lowest BCUT2D eigenvalue weighted by Gasteiger charge is -2.12. The van der Waals surface area contributed by atoms with Gasteiger partial charge in [-0.1, -0.05) is 54.1 Å². The summed E-state index contributed by atoms with van der Waals surface area (Å²) in [6, 6.07) is 22.9. The summed E-state index contributed by atoms with van der Waals surface area (Å²) in [5.41, 5.74) is 9.90. The third-order valence-electron chi connectivity index (χ3n) is 3.18. The molecule has 0 radical (unpaired) electrons. The number of hydrogen-bond donors (Lipinski definition) is 2. The van der Waals surface area contributed by atoms with Gasteiger partial charge in [-0.05, 0) is 30.5 Å². The molecule has 0 heterocycles. The van der Waals surface area contributed by atoms with E-state index >= 15 is 0 Å². The van der Waals surface area contributed by atoms with Gasteiger partial charge in [-0.2, -0.15) is 0 Å². The van der Waals surface area contributed by atoms with Crippen LogP contribution in [0.25, 0.3) is 10.8 Å². The Morgan fingerprint density at radius 1 is 0.684 bits per heavy atom. The maximum absolute atomic E-state index is 3.27. The molecule has 0 fully saturated rings. The van der Waals surface area contributed by atoms with Gasteiger partial charge < -0.3 is 10.9 Å². The van der Waals surface area contributed by atoms with Gasteiger partial charge in [-0.15, -0.1) is 0 Å². The van der Waals surface area contributed by atoms with E-state index in [0.29, 0.717) is 0 Å². The molecule has 0 unspecified atom stereocenters. The molecule has 0 saturated carbocycles. The second-order valence-electron chi connectivity index (χ2n) is 4.64. The van der Waals surface area contributed by atoms with Crippen LogP contribution in [0.5, 0.6) is 0 Å². The Bertz CT molecular complexity index is 682. The molecule has 0 saturated heterocycles. The van der Waals surface area contributed by atoms with Crippen molar-refractivity contribution >= 4 is 22.1 Å². The van der Waals surface area contributed by atoms with Crippen molar-refractivity contribution in [1.29, 1.82) is 0 Å². The van der Waals surface area contributed by atoms with Crippen molar-refractivity contribution in [1.82, 2.24) is 0 Å². The van der Waals surface area contributed by atoms with Crippen LogP contribution in [-0.2, 0) is 0 Å². The number of aryl methyl sites for hydroxylation is 1. The highest BCUT2D eigenvalue weighted by Gasteiger charge is 1.99. The molecular weight excluding hydrogens is 232 g/mol. The zero-order valence-corrected chi connectivity index (χ0v) is 10.9. The lowest BCUT2D eigenvalue weighted by atomic mass is 10.1. The van der Waals surface area contributed by atoms with Crippen molar-refractivity contribution in [3.05, 3.63) is 72.3 Å². The van der Waals surface area contributed by atoms with E-state index < -0.39 is 0 Å². The summed E-state index contributed by atoms with van der Waals surface area (Å²) in [6.45, 7) is 2.09. The van der Waals surface area contributed by atoms with Crippen LogP contribution >= 0.6 is 0 Å². The Hall–Kier alpha value is -2.48. The molecule has 0 aliphatic carbocycles. The predicted molar refractivity (Wildman–Crippen MR) is 82.4 cm³/mol. The maximum Gasteiger partial charge on any atom is 0.0618 e. The zero-order valence-electron chi connectivity index (χ0n) is 10.9. The normalized spacial score (nSPS) is 10.4. The minimum Gasteiger partial charge on any atom is -0.301 e. The van der Waals surface area contributed by atoms with E-state index in [4.69, 9.17) is 0 Å². The molecular formula is C17H16N2. The molecule has 3 aromatic carbocycles. The van der Waals surface area contributed by atoms with Crippen LogP contribution in [0.4, 0.5) is 11.4 Å². The molecule has 2 heteroatoms. The Balaban J connectivity index is 1.84. The number of fused-ring (bicyclic) bond motifs is 1. The number of benzene rings is 3. The van der Waals surface area contributed by atoms with Crippen LogP contribution < -0.4 is 10.9 Å². The quantitative estimate of drug-likeness (QED) is 0.662. The van der Waals surface area contributed by atoms with Crippen molar-refractivity contribution in [2.24, 2.45) is 0 Å². The number of nitrogens with one attached hydrogen (secondary N) is 2. The SMILES string of the molecule is Cc1ccc(NNc2cccc3ccccc23)cc1. The summed E-state index contributed by atoms with van der Waals surface area (Å²) < 4.78 is 0. The summed E-state index contributed by atoms with van der Waals surface area (Å²) in [5, 5.41) is 2.45. The molecule has 2 N–H and O–H groups in total. The lowest BCUT2D eigenvalue weighted by molar-refractivity contribution is 1.40. The molecule has 0 amide bonds. The van der Waals surface area contributed by atoms with Gasteiger partial charge in [0.2, 0.25) is 0 Å². The summed E-state index contributed by atoms with van der Waals surface area (Å²) in [4.78, 5) is 0. The fraction of sp³-hybridized carbons (Fsp3) is 0.0588. The summed E-state index contributed by atoms with van der Waals surface area (Å²) >= 11 is 0. The first kappa shape index (κ1) is 11.6. The van der Waals surface area contributed by atoms with E-state index in [-0.39, 0.29) is 0 Å². The first-order valence-electron chi connectivity index (χ1n) is 6.39. The third-order valence-corrected chi connectivity index (χ3v) is 3.18. The lowest BCUT2D eigenvalue weighted by Crippen LogP contribution is -2.08. The van der Waals surface area contributed by atoms with Crippen LogP contribution in [0.15, 0.2) is 66.7 Å². The molecule has 0 aromatic heterocycles. The van der Waals surface area contributed by atoms with Gasteiger partial charge in [0.1, 0.15) is 0 Å². The topological polar surface area (TPSA) is 24.1 Å². The fourth-order valence-corrected chi connectivity index (χ4v) is 2.11. The van der Waals surface area contributed by atoms with Crippen LogP contribution in [0.1, 0.15) is 5.56 Å². The Morgan fingerprint density at radius 2 is 1.42 bits per heavy atom. The molecule has 0 aliphatic rings. The van der Waals surface area contributed by atoms with Crippen LogP contribution in [0, 0.1) is 6.92 Å². The standard InChI is InChI=1S/C17H16N2/c1-13-9-11-15(12-10-13)18-19-17-8-4-6-14-5-2-3-7-16(14)17/h2-12,18-19H,1H3. The smallest absolute Gasteiger partial charge is 0.0618 e. The van der Waals surface area contributed by atoms with E-state index in [1.807, 2.05) is 0 Å². The molecule has 0 spiro atoms. The highest BCUT2D eigenvalue weighted by Crippen LogP contribution is 2.23. The van der Waals surface area contributed by atoms with Crippen LogP contribution in [0.2, 0.25) is 0 Å². The number of hydrazine groups is 1.